The minimum Gasteiger partial charge on any atom is -0.480 e. The molecule has 3 rings (SSSR count). The van der Waals surface area contributed by atoms with E-state index in [9.17, 15) is 14.7 Å². The van der Waals surface area contributed by atoms with Gasteiger partial charge in [0.15, 0.2) is 0 Å². The SMILES string of the molecule is CCC(Nc1cccc(-c2ccc(C(=O)N(C)[C@@H](C)C(=O)O)c(Cl)c2)c1)c1ccc(Cl)c(C)c1. The van der Waals surface area contributed by atoms with Crippen LogP contribution in [0.3, 0.4) is 0 Å². The number of hydrogen-bond acceptors (Lipinski definition) is 3. The number of halogens is 2. The fourth-order valence-corrected chi connectivity index (χ4v) is 4.07. The van der Waals surface area contributed by atoms with Gasteiger partial charge in [-0.1, -0.05) is 60.5 Å². The molecule has 3 aromatic carbocycles. The van der Waals surface area contributed by atoms with E-state index < -0.39 is 17.9 Å². The first-order valence-electron chi connectivity index (χ1n) is 11.0. The molecule has 0 spiro atoms. The van der Waals surface area contributed by atoms with E-state index in [4.69, 9.17) is 23.2 Å². The smallest absolute Gasteiger partial charge is 0.326 e. The van der Waals surface area contributed by atoms with Crippen molar-refractivity contribution in [2.24, 2.45) is 0 Å². The molecule has 0 saturated carbocycles. The fourth-order valence-electron chi connectivity index (χ4n) is 3.70. The highest BCUT2D eigenvalue weighted by Gasteiger charge is 2.24. The summed E-state index contributed by atoms with van der Waals surface area (Å²) >= 11 is 12.6. The first-order valence-corrected chi connectivity index (χ1v) is 11.8. The van der Waals surface area contributed by atoms with E-state index in [0.717, 1.165) is 38.7 Å². The lowest BCUT2D eigenvalue weighted by Crippen LogP contribution is -2.40. The third kappa shape index (κ3) is 5.72. The second kappa shape index (κ2) is 10.9. The highest BCUT2D eigenvalue weighted by atomic mass is 35.5. The van der Waals surface area contributed by atoms with Crippen LogP contribution < -0.4 is 5.32 Å². The van der Waals surface area contributed by atoms with Gasteiger partial charge in [0, 0.05) is 17.8 Å². The van der Waals surface area contributed by atoms with E-state index in [1.165, 1.54) is 19.5 Å². The molecule has 0 saturated heterocycles. The fraction of sp³-hybridized carbons (Fsp3) is 0.259. The number of hydrogen-bond donors (Lipinski definition) is 2. The Morgan fingerprint density at radius 1 is 1.00 bits per heavy atom. The third-order valence-corrected chi connectivity index (χ3v) is 6.72. The van der Waals surface area contributed by atoms with Crippen molar-refractivity contribution in [3.8, 4) is 11.1 Å². The molecule has 1 amide bonds. The maximum Gasteiger partial charge on any atom is 0.326 e. The number of amides is 1. The molecule has 0 aromatic heterocycles. The molecule has 5 nitrogen and oxygen atoms in total. The average molecular weight is 499 g/mol. The van der Waals surface area contributed by atoms with Crippen molar-refractivity contribution in [1.82, 2.24) is 4.90 Å². The van der Waals surface area contributed by atoms with Crippen LogP contribution in [0.2, 0.25) is 10.0 Å². The van der Waals surface area contributed by atoms with Crippen LogP contribution in [0.1, 0.15) is 47.8 Å². The monoisotopic (exact) mass is 498 g/mol. The van der Waals surface area contributed by atoms with Gasteiger partial charge in [0.2, 0.25) is 0 Å². The quantitative estimate of drug-likeness (QED) is 0.348. The largest absolute Gasteiger partial charge is 0.480 e. The predicted molar refractivity (Wildman–Crippen MR) is 139 cm³/mol. The van der Waals surface area contributed by atoms with E-state index in [2.05, 4.69) is 18.3 Å². The molecule has 0 aliphatic rings. The summed E-state index contributed by atoms with van der Waals surface area (Å²) in [5.74, 6) is -1.52. The number of carboxylic acid groups (broad SMARTS) is 1. The van der Waals surface area contributed by atoms with Crippen molar-refractivity contribution < 1.29 is 14.7 Å². The second-order valence-corrected chi connectivity index (χ2v) is 9.13. The van der Waals surface area contributed by atoms with Gasteiger partial charge in [-0.3, -0.25) is 4.79 Å². The Balaban J connectivity index is 1.83. The lowest BCUT2D eigenvalue weighted by Gasteiger charge is -2.22. The Morgan fingerprint density at radius 2 is 1.71 bits per heavy atom. The van der Waals surface area contributed by atoms with E-state index in [-0.39, 0.29) is 16.6 Å². The highest BCUT2D eigenvalue weighted by Crippen LogP contribution is 2.31. The van der Waals surface area contributed by atoms with Crippen molar-refractivity contribution in [1.29, 1.82) is 0 Å². The second-order valence-electron chi connectivity index (χ2n) is 8.32. The summed E-state index contributed by atoms with van der Waals surface area (Å²) < 4.78 is 0. The maximum absolute atomic E-state index is 12.7. The molecule has 0 bridgehead atoms. The number of nitrogens with one attached hydrogen (secondary N) is 1. The molecule has 0 radical (unpaired) electrons. The van der Waals surface area contributed by atoms with Crippen LogP contribution in [-0.2, 0) is 4.79 Å². The van der Waals surface area contributed by atoms with Crippen molar-refractivity contribution in [3.05, 3.63) is 87.4 Å². The van der Waals surface area contributed by atoms with E-state index in [0.29, 0.717) is 0 Å². The molecule has 34 heavy (non-hydrogen) atoms. The number of carboxylic acids is 1. The molecule has 178 valence electrons. The number of benzene rings is 3. The zero-order valence-electron chi connectivity index (χ0n) is 19.6. The van der Waals surface area contributed by atoms with Crippen LogP contribution in [0.5, 0.6) is 0 Å². The van der Waals surface area contributed by atoms with Gasteiger partial charge in [-0.15, -0.1) is 0 Å². The topological polar surface area (TPSA) is 69.6 Å². The van der Waals surface area contributed by atoms with Gasteiger partial charge in [0.05, 0.1) is 16.6 Å². The summed E-state index contributed by atoms with van der Waals surface area (Å²) in [6.45, 7) is 5.58. The van der Waals surface area contributed by atoms with Crippen LogP contribution in [0.25, 0.3) is 11.1 Å². The minimum atomic E-state index is -1.08. The first kappa shape index (κ1) is 25.6. The zero-order chi connectivity index (χ0) is 25.0. The van der Waals surface area contributed by atoms with Gasteiger partial charge < -0.3 is 15.3 Å². The number of aliphatic carboxylic acids is 1. The molecule has 7 heteroatoms. The molecule has 0 aliphatic carbocycles. The number of aryl methyl sites for hydroxylation is 1. The predicted octanol–water partition coefficient (Wildman–Crippen LogP) is 7.08. The lowest BCUT2D eigenvalue weighted by atomic mass is 10.0. The number of anilines is 1. The van der Waals surface area contributed by atoms with Gasteiger partial charge in [-0.25, -0.2) is 4.79 Å². The Bertz CT molecular complexity index is 1210. The molecule has 2 N–H and O–H groups in total. The number of carbonyl (C=O) groups is 2. The maximum atomic E-state index is 12.7. The van der Waals surface area contributed by atoms with Crippen LogP contribution >= 0.6 is 23.2 Å². The Morgan fingerprint density at radius 3 is 2.32 bits per heavy atom. The summed E-state index contributed by atoms with van der Waals surface area (Å²) in [6.07, 6.45) is 0.899. The Hall–Kier alpha value is -3.02. The highest BCUT2D eigenvalue weighted by molar-refractivity contribution is 6.34. The van der Waals surface area contributed by atoms with Crippen LogP contribution in [0.4, 0.5) is 5.69 Å². The molecular formula is C27H28Cl2N2O3. The molecular weight excluding hydrogens is 471 g/mol. The van der Waals surface area contributed by atoms with Crippen molar-refractivity contribution in [2.45, 2.75) is 39.3 Å². The van der Waals surface area contributed by atoms with E-state index in [1.807, 2.05) is 49.4 Å². The van der Waals surface area contributed by atoms with Crippen LogP contribution in [-0.4, -0.2) is 35.0 Å². The van der Waals surface area contributed by atoms with Gasteiger partial charge in [0.1, 0.15) is 6.04 Å². The average Bonchev–Trinajstić information content (AvgIpc) is 2.83. The van der Waals surface area contributed by atoms with E-state index in [1.54, 1.807) is 12.1 Å². The molecule has 0 aliphatic heterocycles. The summed E-state index contributed by atoms with van der Waals surface area (Å²) in [5.41, 5.74) is 5.23. The standard InChI is InChI=1S/C27H28Cl2N2O3/c1-5-25(20-10-12-23(28)16(2)13-20)30-21-8-6-7-18(14-21)19-9-11-22(24(29)15-19)26(32)31(4)17(3)27(33)34/h6-15,17,25,30H,5H2,1-4H3,(H,33,34)/t17-,25?/m0/s1. The van der Waals surface area contributed by atoms with Crippen molar-refractivity contribution in [3.63, 3.8) is 0 Å². The Kier molecular flexibility index (Phi) is 8.24. The number of carbonyl (C=O) groups excluding carboxylic acids is 1. The molecule has 1 unspecified atom stereocenters. The zero-order valence-corrected chi connectivity index (χ0v) is 21.1. The Labute approximate surface area is 210 Å². The number of likely N-dealkylation sites (N-methyl/N-ethyl adjacent to an activating group) is 1. The van der Waals surface area contributed by atoms with Crippen molar-refractivity contribution in [2.75, 3.05) is 12.4 Å². The minimum absolute atomic E-state index is 0.126. The van der Waals surface area contributed by atoms with Gasteiger partial charge in [0.25, 0.3) is 5.91 Å². The summed E-state index contributed by atoms with van der Waals surface area (Å²) in [4.78, 5) is 25.1. The van der Waals surface area contributed by atoms with E-state index >= 15 is 0 Å². The van der Waals surface area contributed by atoms with Gasteiger partial charge in [-0.2, -0.15) is 0 Å². The van der Waals surface area contributed by atoms with Crippen molar-refractivity contribution >= 4 is 40.8 Å². The summed E-state index contributed by atoms with van der Waals surface area (Å²) in [7, 11) is 1.45. The number of nitrogens with zero attached hydrogens (tertiary/aromatic N) is 1. The van der Waals surface area contributed by atoms with Crippen LogP contribution in [0.15, 0.2) is 60.7 Å². The van der Waals surface area contributed by atoms with Gasteiger partial charge in [-0.05, 0) is 72.9 Å². The normalized spacial score (nSPS) is 12.6. The third-order valence-electron chi connectivity index (χ3n) is 5.99. The molecule has 0 fully saturated rings. The molecule has 3 aromatic rings. The summed E-state index contributed by atoms with van der Waals surface area (Å²) in [5, 5.41) is 13.8. The summed E-state index contributed by atoms with van der Waals surface area (Å²) in [6, 6.07) is 18.4. The van der Waals surface area contributed by atoms with Gasteiger partial charge >= 0.3 is 5.97 Å². The first-order chi connectivity index (χ1) is 16.1. The molecule has 0 heterocycles. The number of rotatable bonds is 8. The lowest BCUT2D eigenvalue weighted by molar-refractivity contribution is -0.141. The van der Waals surface area contributed by atoms with Crippen LogP contribution in [0, 0.1) is 6.92 Å². The molecule has 2 atom stereocenters.